The van der Waals surface area contributed by atoms with Gasteiger partial charge in [-0.05, 0) is 12.8 Å². The normalized spacial score (nSPS) is 14.0. The lowest BCUT2D eigenvalue weighted by molar-refractivity contribution is 0.116. The predicted octanol–water partition coefficient (Wildman–Crippen LogP) is 5.32. The van der Waals surface area contributed by atoms with Crippen LogP contribution in [0.2, 0.25) is 0 Å². The van der Waals surface area contributed by atoms with Gasteiger partial charge in [-0.25, -0.2) is 0 Å². The van der Waals surface area contributed by atoms with Crippen LogP contribution < -0.4 is 0 Å². The van der Waals surface area contributed by atoms with Crippen molar-refractivity contribution in [3.63, 3.8) is 0 Å². The zero-order chi connectivity index (χ0) is 14.3. The summed E-state index contributed by atoms with van der Waals surface area (Å²) in [6.45, 7) is 4.44. The highest BCUT2D eigenvalue weighted by atomic mass is 16.3. The zero-order valence-electron chi connectivity index (χ0n) is 13.2. The van der Waals surface area contributed by atoms with Crippen molar-refractivity contribution in [1.29, 1.82) is 0 Å². The number of aliphatic hydroxyl groups excluding tert-OH is 1. The maximum Gasteiger partial charge on any atom is 0.0677 e. The number of terminal acetylenes is 1. The fourth-order valence-corrected chi connectivity index (χ4v) is 2.51. The van der Waals surface area contributed by atoms with E-state index in [1.807, 2.05) is 0 Å². The Labute approximate surface area is 121 Å². The molecule has 0 aromatic rings. The molecule has 1 nitrogen and oxygen atoms in total. The Hall–Kier alpha value is -0.480. The highest BCUT2D eigenvalue weighted by Crippen LogP contribution is 2.18. The van der Waals surface area contributed by atoms with Gasteiger partial charge in [0.05, 0.1) is 6.10 Å². The molecular weight excluding hydrogens is 232 g/mol. The molecular formula is C18H34O. The summed E-state index contributed by atoms with van der Waals surface area (Å²) in [7, 11) is 0. The molecule has 1 heteroatoms. The average molecular weight is 266 g/mol. The molecule has 19 heavy (non-hydrogen) atoms. The molecule has 0 fully saturated rings. The maximum absolute atomic E-state index is 10.1. The molecule has 0 aromatic heterocycles. The highest BCUT2D eigenvalue weighted by Gasteiger charge is 2.15. The van der Waals surface area contributed by atoms with Gasteiger partial charge in [-0.3, -0.25) is 0 Å². The molecule has 2 unspecified atom stereocenters. The van der Waals surface area contributed by atoms with Crippen molar-refractivity contribution < 1.29 is 5.11 Å². The van der Waals surface area contributed by atoms with E-state index in [1.165, 1.54) is 51.4 Å². The molecule has 0 saturated heterocycles. The lowest BCUT2D eigenvalue weighted by Gasteiger charge is -2.17. The van der Waals surface area contributed by atoms with Gasteiger partial charge in [0.1, 0.15) is 0 Å². The molecule has 0 aliphatic heterocycles. The number of hydrogen-bond donors (Lipinski definition) is 1. The number of unbranched alkanes of at least 4 members (excludes halogenated alkanes) is 8. The first-order chi connectivity index (χ1) is 9.26. The highest BCUT2D eigenvalue weighted by molar-refractivity contribution is 4.96. The first kappa shape index (κ1) is 18.5. The molecule has 0 rings (SSSR count). The van der Waals surface area contributed by atoms with Crippen LogP contribution in [-0.2, 0) is 0 Å². The summed E-state index contributed by atoms with van der Waals surface area (Å²) in [6, 6.07) is 0. The van der Waals surface area contributed by atoms with Crippen LogP contribution in [0.1, 0.15) is 90.9 Å². The third-order valence-corrected chi connectivity index (χ3v) is 3.90. The van der Waals surface area contributed by atoms with Gasteiger partial charge in [-0.2, -0.15) is 0 Å². The van der Waals surface area contributed by atoms with Crippen LogP contribution in [0.5, 0.6) is 0 Å². The third kappa shape index (κ3) is 11.1. The first-order valence-corrected chi connectivity index (χ1v) is 8.40. The van der Waals surface area contributed by atoms with Crippen LogP contribution in [0.25, 0.3) is 0 Å². The second kappa shape index (κ2) is 13.9. The van der Waals surface area contributed by atoms with Crippen LogP contribution in [0, 0.1) is 18.3 Å². The predicted molar refractivity (Wildman–Crippen MR) is 85.1 cm³/mol. The summed E-state index contributed by atoms with van der Waals surface area (Å²) in [5.41, 5.74) is 0. The molecule has 2 atom stereocenters. The van der Waals surface area contributed by atoms with Crippen molar-refractivity contribution >= 4 is 0 Å². The van der Waals surface area contributed by atoms with Crippen LogP contribution in [0.3, 0.4) is 0 Å². The van der Waals surface area contributed by atoms with Gasteiger partial charge in [0, 0.05) is 5.92 Å². The molecule has 0 bridgehead atoms. The molecule has 0 radical (unpaired) electrons. The standard InChI is InChI=1S/C18H34O/c1-4-7-9-10-11-12-14-16-18(19)17(6-3)15-13-8-5-2/h3,17-19H,4-5,7-16H2,1-2H3. The van der Waals surface area contributed by atoms with Crippen molar-refractivity contribution in [2.24, 2.45) is 5.92 Å². The quantitative estimate of drug-likeness (QED) is 0.353. The Morgan fingerprint density at radius 2 is 1.26 bits per heavy atom. The minimum atomic E-state index is -0.280. The van der Waals surface area contributed by atoms with E-state index in [1.54, 1.807) is 0 Å². The largest absolute Gasteiger partial charge is 0.392 e. The summed E-state index contributed by atoms with van der Waals surface area (Å²) < 4.78 is 0. The van der Waals surface area contributed by atoms with Crippen molar-refractivity contribution in [3.8, 4) is 12.3 Å². The lowest BCUT2D eigenvalue weighted by Crippen LogP contribution is -2.18. The first-order valence-electron chi connectivity index (χ1n) is 8.40. The zero-order valence-corrected chi connectivity index (χ0v) is 13.2. The number of rotatable bonds is 13. The monoisotopic (exact) mass is 266 g/mol. The molecule has 0 saturated carbocycles. The van der Waals surface area contributed by atoms with E-state index in [2.05, 4.69) is 19.8 Å². The molecule has 0 spiro atoms. The second-order valence-electron chi connectivity index (χ2n) is 5.75. The van der Waals surface area contributed by atoms with Gasteiger partial charge >= 0.3 is 0 Å². The Morgan fingerprint density at radius 1 is 0.789 bits per heavy atom. The van der Waals surface area contributed by atoms with E-state index in [0.717, 1.165) is 25.7 Å². The summed E-state index contributed by atoms with van der Waals surface area (Å²) >= 11 is 0. The van der Waals surface area contributed by atoms with Gasteiger partial charge in [0.15, 0.2) is 0 Å². The van der Waals surface area contributed by atoms with Gasteiger partial charge in [-0.1, -0.05) is 78.1 Å². The third-order valence-electron chi connectivity index (χ3n) is 3.90. The van der Waals surface area contributed by atoms with Crippen LogP contribution in [0.15, 0.2) is 0 Å². The second-order valence-corrected chi connectivity index (χ2v) is 5.75. The SMILES string of the molecule is C#CC(CCCCC)C(O)CCCCCCCCC. The number of aliphatic hydroxyl groups is 1. The number of hydrogen-bond acceptors (Lipinski definition) is 1. The molecule has 1 N–H and O–H groups in total. The van der Waals surface area contributed by atoms with Crippen molar-refractivity contribution in [1.82, 2.24) is 0 Å². The smallest absolute Gasteiger partial charge is 0.0677 e. The van der Waals surface area contributed by atoms with E-state index in [-0.39, 0.29) is 12.0 Å². The van der Waals surface area contributed by atoms with Crippen molar-refractivity contribution in [3.05, 3.63) is 0 Å². The minimum Gasteiger partial charge on any atom is -0.392 e. The van der Waals surface area contributed by atoms with E-state index >= 15 is 0 Å². The summed E-state index contributed by atoms with van der Waals surface area (Å²) in [5.74, 6) is 2.86. The van der Waals surface area contributed by atoms with E-state index in [9.17, 15) is 5.11 Å². The Bertz CT molecular complexity index is 216. The minimum absolute atomic E-state index is 0.0756. The molecule has 112 valence electrons. The summed E-state index contributed by atoms with van der Waals surface area (Å²) in [6.07, 6.45) is 19.8. The van der Waals surface area contributed by atoms with E-state index < -0.39 is 0 Å². The molecule has 0 heterocycles. The Morgan fingerprint density at radius 3 is 1.84 bits per heavy atom. The van der Waals surface area contributed by atoms with E-state index in [0.29, 0.717) is 0 Å². The average Bonchev–Trinajstić information content (AvgIpc) is 2.42. The molecule has 0 aliphatic carbocycles. The van der Waals surface area contributed by atoms with Gasteiger partial charge in [0.25, 0.3) is 0 Å². The van der Waals surface area contributed by atoms with Gasteiger partial charge < -0.3 is 5.11 Å². The molecule has 0 amide bonds. The Kier molecular flexibility index (Phi) is 13.6. The summed E-state index contributed by atoms with van der Waals surface area (Å²) in [5, 5.41) is 10.1. The van der Waals surface area contributed by atoms with Crippen molar-refractivity contribution in [2.45, 2.75) is 97.0 Å². The Balaban J connectivity index is 3.53. The molecule has 0 aliphatic rings. The van der Waals surface area contributed by atoms with Crippen LogP contribution in [-0.4, -0.2) is 11.2 Å². The maximum atomic E-state index is 10.1. The fourth-order valence-electron chi connectivity index (χ4n) is 2.51. The molecule has 0 aromatic carbocycles. The topological polar surface area (TPSA) is 20.2 Å². The van der Waals surface area contributed by atoms with Crippen molar-refractivity contribution in [2.75, 3.05) is 0 Å². The van der Waals surface area contributed by atoms with E-state index in [4.69, 9.17) is 6.42 Å². The summed E-state index contributed by atoms with van der Waals surface area (Å²) in [4.78, 5) is 0. The lowest BCUT2D eigenvalue weighted by atomic mass is 9.92. The van der Waals surface area contributed by atoms with Crippen LogP contribution in [0.4, 0.5) is 0 Å². The van der Waals surface area contributed by atoms with Gasteiger partial charge in [0.2, 0.25) is 0 Å². The fraction of sp³-hybridized carbons (Fsp3) is 0.889. The van der Waals surface area contributed by atoms with Crippen LogP contribution >= 0.6 is 0 Å². The van der Waals surface area contributed by atoms with Gasteiger partial charge in [-0.15, -0.1) is 12.3 Å².